The number of anilines is 1. The van der Waals surface area contributed by atoms with E-state index in [0.717, 1.165) is 18.2 Å². The van der Waals surface area contributed by atoms with Gasteiger partial charge in [-0.05, 0) is 48.2 Å². The predicted octanol–water partition coefficient (Wildman–Crippen LogP) is 1.76. The van der Waals surface area contributed by atoms with Gasteiger partial charge in [0.05, 0.1) is 0 Å². The summed E-state index contributed by atoms with van der Waals surface area (Å²) < 4.78 is 1.43. The molecule has 0 spiro atoms. The lowest BCUT2D eigenvalue weighted by Gasteiger charge is -2.15. The van der Waals surface area contributed by atoms with Crippen LogP contribution in [0.1, 0.15) is 33.6 Å². The Morgan fingerprint density at radius 3 is 2.82 bits per heavy atom. The van der Waals surface area contributed by atoms with Gasteiger partial charge in [0.25, 0.3) is 0 Å². The number of fused-ring (bicyclic) bond motifs is 1. The fourth-order valence-corrected chi connectivity index (χ4v) is 1.63. The van der Waals surface area contributed by atoms with Crippen molar-refractivity contribution in [2.75, 3.05) is 5.32 Å². The van der Waals surface area contributed by atoms with Crippen molar-refractivity contribution >= 4 is 11.5 Å². The molecule has 6 nitrogen and oxygen atoms in total. The number of tetrazole rings is 1. The molecule has 0 saturated carbocycles. The summed E-state index contributed by atoms with van der Waals surface area (Å²) >= 11 is 0. The monoisotopic (exact) mass is 234 g/mol. The molecule has 2 aromatic rings. The van der Waals surface area contributed by atoms with Gasteiger partial charge in [-0.1, -0.05) is 13.8 Å². The summed E-state index contributed by atoms with van der Waals surface area (Å²) in [6.07, 6.45) is 2.34. The number of nitrogens with one attached hydrogen (secondary N) is 1. The van der Waals surface area contributed by atoms with Crippen molar-refractivity contribution in [3.8, 4) is 0 Å². The van der Waals surface area contributed by atoms with Crippen molar-refractivity contribution in [2.45, 2.75) is 39.7 Å². The van der Waals surface area contributed by atoms with Crippen LogP contribution in [-0.2, 0) is 0 Å². The standard InChI is InChI=1S/C11H18N6/c1-8(2)4-5-9(3)12-10-6-7-11-13-15-16-17(11)14-10/h6-9H,4-5H2,1-3H3,(H,12,14). The third-order valence-corrected chi connectivity index (χ3v) is 2.64. The zero-order valence-electron chi connectivity index (χ0n) is 10.5. The molecule has 0 bridgehead atoms. The molecule has 0 aliphatic carbocycles. The summed E-state index contributed by atoms with van der Waals surface area (Å²) in [6, 6.07) is 4.15. The second-order valence-corrected chi connectivity index (χ2v) is 4.76. The molecule has 1 atom stereocenters. The molecule has 2 heterocycles. The van der Waals surface area contributed by atoms with Gasteiger partial charge in [0, 0.05) is 6.04 Å². The van der Waals surface area contributed by atoms with E-state index in [2.05, 4.69) is 46.7 Å². The molecule has 2 aromatic heterocycles. The van der Waals surface area contributed by atoms with E-state index >= 15 is 0 Å². The van der Waals surface area contributed by atoms with E-state index in [-0.39, 0.29) is 0 Å². The molecule has 0 aromatic carbocycles. The maximum atomic E-state index is 4.27. The molecule has 0 fully saturated rings. The summed E-state index contributed by atoms with van der Waals surface area (Å²) in [5, 5.41) is 18.8. The molecule has 2 rings (SSSR count). The Balaban J connectivity index is 1.97. The van der Waals surface area contributed by atoms with E-state index in [4.69, 9.17) is 0 Å². The fourth-order valence-electron chi connectivity index (χ4n) is 1.63. The summed E-state index contributed by atoms with van der Waals surface area (Å²) in [7, 11) is 0. The van der Waals surface area contributed by atoms with Gasteiger partial charge in [0.2, 0.25) is 0 Å². The van der Waals surface area contributed by atoms with E-state index < -0.39 is 0 Å². The number of nitrogens with zero attached hydrogens (tertiary/aromatic N) is 5. The predicted molar refractivity (Wildman–Crippen MR) is 65.7 cm³/mol. The zero-order chi connectivity index (χ0) is 12.3. The first kappa shape index (κ1) is 11.8. The van der Waals surface area contributed by atoms with Crippen LogP contribution in [0.25, 0.3) is 5.65 Å². The first-order valence-electron chi connectivity index (χ1n) is 5.97. The molecule has 6 heteroatoms. The Bertz CT molecular complexity index is 478. The quantitative estimate of drug-likeness (QED) is 0.853. The number of hydrogen-bond donors (Lipinski definition) is 1. The van der Waals surface area contributed by atoms with Crippen LogP contribution in [0.2, 0.25) is 0 Å². The molecule has 0 saturated heterocycles. The average Bonchev–Trinajstić information content (AvgIpc) is 2.73. The van der Waals surface area contributed by atoms with Gasteiger partial charge in [-0.3, -0.25) is 0 Å². The smallest absolute Gasteiger partial charge is 0.200 e. The summed E-state index contributed by atoms with van der Waals surface area (Å²) in [6.45, 7) is 6.63. The molecule has 0 aliphatic heterocycles. The van der Waals surface area contributed by atoms with Crippen LogP contribution in [0.5, 0.6) is 0 Å². The first-order chi connectivity index (χ1) is 8.15. The minimum Gasteiger partial charge on any atom is -0.366 e. The van der Waals surface area contributed by atoms with Crippen LogP contribution in [0.3, 0.4) is 0 Å². The third kappa shape index (κ3) is 3.12. The Hall–Kier alpha value is -1.72. The number of aromatic nitrogens is 5. The van der Waals surface area contributed by atoms with Crippen LogP contribution in [0.15, 0.2) is 12.1 Å². The van der Waals surface area contributed by atoms with E-state index in [1.54, 1.807) is 0 Å². The minimum absolute atomic E-state index is 0.402. The van der Waals surface area contributed by atoms with Gasteiger partial charge in [0.15, 0.2) is 5.65 Å². The lowest BCUT2D eigenvalue weighted by atomic mass is 10.0. The summed E-state index contributed by atoms with van der Waals surface area (Å²) in [5.74, 6) is 1.54. The van der Waals surface area contributed by atoms with Crippen LogP contribution < -0.4 is 5.32 Å². The van der Waals surface area contributed by atoms with Crippen molar-refractivity contribution in [1.82, 2.24) is 25.3 Å². The van der Waals surface area contributed by atoms with Crippen molar-refractivity contribution < 1.29 is 0 Å². The molecule has 17 heavy (non-hydrogen) atoms. The van der Waals surface area contributed by atoms with E-state index in [0.29, 0.717) is 11.7 Å². The Labute approximate surface area is 100 Å². The minimum atomic E-state index is 0.402. The van der Waals surface area contributed by atoms with Gasteiger partial charge in [-0.15, -0.1) is 14.8 Å². The van der Waals surface area contributed by atoms with Crippen LogP contribution in [0, 0.1) is 5.92 Å². The van der Waals surface area contributed by atoms with Crippen molar-refractivity contribution in [3.63, 3.8) is 0 Å². The highest BCUT2D eigenvalue weighted by Crippen LogP contribution is 2.11. The highest BCUT2D eigenvalue weighted by molar-refractivity contribution is 5.42. The summed E-state index contributed by atoms with van der Waals surface area (Å²) in [5.41, 5.74) is 0.658. The van der Waals surface area contributed by atoms with Crippen molar-refractivity contribution in [2.24, 2.45) is 5.92 Å². The maximum Gasteiger partial charge on any atom is 0.200 e. The molecule has 1 unspecified atom stereocenters. The van der Waals surface area contributed by atoms with Gasteiger partial charge in [-0.2, -0.15) is 0 Å². The largest absolute Gasteiger partial charge is 0.366 e. The topological polar surface area (TPSA) is 68.0 Å². The second kappa shape index (κ2) is 5.07. The van der Waals surface area contributed by atoms with Gasteiger partial charge in [-0.25, -0.2) is 0 Å². The van der Waals surface area contributed by atoms with E-state index in [9.17, 15) is 0 Å². The van der Waals surface area contributed by atoms with Crippen LogP contribution >= 0.6 is 0 Å². The molecule has 0 amide bonds. The van der Waals surface area contributed by atoms with Crippen LogP contribution in [0.4, 0.5) is 5.82 Å². The Morgan fingerprint density at radius 1 is 1.24 bits per heavy atom. The Morgan fingerprint density at radius 2 is 2.06 bits per heavy atom. The molecule has 92 valence electrons. The second-order valence-electron chi connectivity index (χ2n) is 4.76. The molecular formula is C11H18N6. The first-order valence-corrected chi connectivity index (χ1v) is 5.97. The van der Waals surface area contributed by atoms with Gasteiger partial charge < -0.3 is 5.32 Å². The van der Waals surface area contributed by atoms with E-state index in [1.165, 1.54) is 11.1 Å². The van der Waals surface area contributed by atoms with E-state index in [1.807, 2.05) is 12.1 Å². The fraction of sp³-hybridized carbons (Fsp3) is 0.636. The highest BCUT2D eigenvalue weighted by atomic mass is 15.6. The van der Waals surface area contributed by atoms with Gasteiger partial charge >= 0.3 is 0 Å². The maximum absolute atomic E-state index is 4.27. The SMILES string of the molecule is CC(C)CCC(C)Nc1ccc2nnnn2n1. The summed E-state index contributed by atoms with van der Waals surface area (Å²) in [4.78, 5) is 0. The van der Waals surface area contributed by atoms with Crippen molar-refractivity contribution in [3.05, 3.63) is 12.1 Å². The van der Waals surface area contributed by atoms with Crippen molar-refractivity contribution in [1.29, 1.82) is 0 Å². The normalized spacial score (nSPS) is 13.2. The van der Waals surface area contributed by atoms with Gasteiger partial charge in [0.1, 0.15) is 5.82 Å². The molecule has 0 radical (unpaired) electrons. The lowest BCUT2D eigenvalue weighted by Crippen LogP contribution is -2.17. The average molecular weight is 234 g/mol. The number of rotatable bonds is 5. The zero-order valence-corrected chi connectivity index (χ0v) is 10.5. The van der Waals surface area contributed by atoms with Crippen LogP contribution in [-0.4, -0.2) is 31.3 Å². The third-order valence-electron chi connectivity index (χ3n) is 2.64. The molecule has 1 N–H and O–H groups in total. The number of hydrogen-bond acceptors (Lipinski definition) is 5. The highest BCUT2D eigenvalue weighted by Gasteiger charge is 2.06. The molecule has 0 aliphatic rings. The lowest BCUT2D eigenvalue weighted by molar-refractivity contribution is 0.526. The molecular weight excluding hydrogens is 216 g/mol. The Kier molecular flexibility index (Phi) is 3.51.